The van der Waals surface area contributed by atoms with Crippen molar-refractivity contribution in [2.24, 2.45) is 0 Å². The fraction of sp³-hybridized carbons (Fsp3) is 0.333. The molecule has 2 aromatic rings. The maximum atomic E-state index is 5.35. The van der Waals surface area contributed by atoms with Crippen molar-refractivity contribution >= 4 is 5.95 Å². The van der Waals surface area contributed by atoms with Crippen LogP contribution < -0.4 is 10.1 Å². The molecule has 0 aliphatic carbocycles. The molecule has 19 heavy (non-hydrogen) atoms. The van der Waals surface area contributed by atoms with Crippen LogP contribution in [-0.4, -0.2) is 37.9 Å². The van der Waals surface area contributed by atoms with Crippen molar-refractivity contribution in [1.82, 2.24) is 24.7 Å². The van der Waals surface area contributed by atoms with Gasteiger partial charge in [-0.25, -0.2) is 4.68 Å². The Morgan fingerprint density at radius 1 is 1.42 bits per heavy atom. The van der Waals surface area contributed by atoms with E-state index in [4.69, 9.17) is 4.74 Å². The fourth-order valence-electron chi connectivity index (χ4n) is 1.35. The minimum atomic E-state index is 0.249. The van der Waals surface area contributed by atoms with Crippen molar-refractivity contribution in [3.8, 4) is 12.0 Å². The molecule has 0 spiro atoms. The van der Waals surface area contributed by atoms with Gasteiger partial charge >= 0.3 is 6.01 Å². The molecular formula is C12H16N6O. The molecular weight excluding hydrogens is 244 g/mol. The van der Waals surface area contributed by atoms with Gasteiger partial charge in [-0.3, -0.25) is 0 Å². The molecule has 2 rings (SSSR count). The lowest BCUT2D eigenvalue weighted by Gasteiger charge is -2.08. The van der Waals surface area contributed by atoms with Crippen LogP contribution in [0.2, 0.25) is 0 Å². The third-order valence-corrected chi connectivity index (χ3v) is 2.18. The Kier molecular flexibility index (Phi) is 4.44. The molecule has 0 unspecified atom stereocenters. The second-order valence-electron chi connectivity index (χ2n) is 3.72. The number of nitrogens with one attached hydrogen (secondary N) is 1. The van der Waals surface area contributed by atoms with Gasteiger partial charge in [-0.1, -0.05) is 19.6 Å². The van der Waals surface area contributed by atoms with E-state index in [-0.39, 0.29) is 6.01 Å². The highest BCUT2D eigenvalue weighted by molar-refractivity contribution is 5.29. The van der Waals surface area contributed by atoms with Gasteiger partial charge in [-0.2, -0.15) is 20.1 Å². The minimum Gasteiger partial charge on any atom is -0.459 e. The molecule has 0 fully saturated rings. The summed E-state index contributed by atoms with van der Waals surface area (Å²) in [6.07, 6.45) is 6.03. The van der Waals surface area contributed by atoms with Crippen LogP contribution >= 0.6 is 0 Å². The lowest BCUT2D eigenvalue weighted by molar-refractivity contribution is 0.331. The number of hydrogen-bond acceptors (Lipinski definition) is 6. The second-order valence-corrected chi connectivity index (χ2v) is 3.72. The average molecular weight is 260 g/mol. The minimum absolute atomic E-state index is 0.249. The lowest BCUT2D eigenvalue weighted by atomic mass is 10.5. The van der Waals surface area contributed by atoms with E-state index in [1.807, 2.05) is 0 Å². The van der Waals surface area contributed by atoms with Crippen LogP contribution in [0.1, 0.15) is 13.3 Å². The monoisotopic (exact) mass is 260 g/mol. The average Bonchev–Trinajstić information content (AvgIpc) is 2.97. The number of ether oxygens (including phenoxy) is 1. The van der Waals surface area contributed by atoms with Gasteiger partial charge < -0.3 is 10.1 Å². The number of hydrogen-bond donors (Lipinski definition) is 1. The molecule has 0 saturated carbocycles. The normalized spacial score (nSPS) is 10.2. The van der Waals surface area contributed by atoms with Gasteiger partial charge in [0.25, 0.3) is 5.95 Å². The van der Waals surface area contributed by atoms with Gasteiger partial charge in [0.1, 0.15) is 6.61 Å². The van der Waals surface area contributed by atoms with Gasteiger partial charge in [0.15, 0.2) is 0 Å². The third-order valence-electron chi connectivity index (χ3n) is 2.18. The molecule has 0 bridgehead atoms. The summed E-state index contributed by atoms with van der Waals surface area (Å²) in [6, 6.07) is 2.05. The number of anilines is 1. The molecule has 0 radical (unpaired) electrons. The van der Waals surface area contributed by atoms with Gasteiger partial charge in [0.05, 0.1) is 0 Å². The van der Waals surface area contributed by atoms with Gasteiger partial charge in [0.2, 0.25) is 5.95 Å². The molecule has 7 nitrogen and oxygen atoms in total. The first-order valence-corrected chi connectivity index (χ1v) is 6.07. The summed E-state index contributed by atoms with van der Waals surface area (Å²) in [4.78, 5) is 12.6. The maximum absolute atomic E-state index is 5.35. The zero-order valence-electron chi connectivity index (χ0n) is 10.8. The number of rotatable bonds is 7. The smallest absolute Gasteiger partial charge is 0.323 e. The van der Waals surface area contributed by atoms with Gasteiger partial charge in [-0.15, -0.1) is 0 Å². The maximum Gasteiger partial charge on any atom is 0.323 e. The molecule has 0 atom stereocenters. The van der Waals surface area contributed by atoms with Crippen LogP contribution in [0.4, 0.5) is 5.95 Å². The predicted octanol–water partition coefficient (Wildman–Crippen LogP) is 1.44. The topological polar surface area (TPSA) is 77.8 Å². The van der Waals surface area contributed by atoms with Gasteiger partial charge in [-0.05, 0) is 12.5 Å². The Hall–Kier alpha value is -2.44. The summed E-state index contributed by atoms with van der Waals surface area (Å²) in [5.74, 6) is 0.888. The standard InChI is InChI=1S/C12H16N6O/c1-3-6-13-10-15-11(18-8-5-7-14-18)17-12(16-10)19-9-4-2/h4-5,7-8H,2-3,6,9H2,1H3,(H,13,15,16,17). The SMILES string of the molecule is C=CCOc1nc(NCCC)nc(-n2cccn2)n1. The van der Waals surface area contributed by atoms with Crippen LogP contribution in [0.25, 0.3) is 5.95 Å². The molecule has 7 heteroatoms. The summed E-state index contributed by atoms with van der Waals surface area (Å²) >= 11 is 0. The summed E-state index contributed by atoms with van der Waals surface area (Å²) in [5.41, 5.74) is 0. The first-order valence-electron chi connectivity index (χ1n) is 6.07. The van der Waals surface area contributed by atoms with Crippen molar-refractivity contribution in [2.45, 2.75) is 13.3 Å². The van der Waals surface area contributed by atoms with Crippen molar-refractivity contribution in [3.05, 3.63) is 31.1 Å². The van der Waals surface area contributed by atoms with E-state index in [1.54, 1.807) is 29.2 Å². The second kappa shape index (κ2) is 6.48. The largest absolute Gasteiger partial charge is 0.459 e. The molecule has 0 saturated heterocycles. The molecule has 1 N–H and O–H groups in total. The van der Waals surface area contributed by atoms with Crippen LogP contribution in [0, 0.1) is 0 Å². The molecule has 0 aliphatic heterocycles. The van der Waals surface area contributed by atoms with E-state index < -0.39 is 0 Å². The molecule has 0 amide bonds. The Bertz CT molecular complexity index is 525. The van der Waals surface area contributed by atoms with E-state index in [9.17, 15) is 0 Å². The summed E-state index contributed by atoms with van der Waals surface area (Å²) in [6.45, 7) is 6.78. The first kappa shape index (κ1) is 13.0. The zero-order chi connectivity index (χ0) is 13.5. The van der Waals surface area contributed by atoms with Crippen molar-refractivity contribution in [2.75, 3.05) is 18.5 Å². The number of aromatic nitrogens is 5. The zero-order valence-corrected chi connectivity index (χ0v) is 10.8. The molecule has 2 aromatic heterocycles. The Morgan fingerprint density at radius 2 is 2.32 bits per heavy atom. The summed E-state index contributed by atoms with van der Waals surface area (Å²) < 4.78 is 6.91. The first-order chi connectivity index (χ1) is 9.33. The van der Waals surface area contributed by atoms with Crippen LogP contribution in [0.5, 0.6) is 6.01 Å². The highest BCUT2D eigenvalue weighted by atomic mass is 16.5. The van der Waals surface area contributed by atoms with Crippen molar-refractivity contribution in [1.29, 1.82) is 0 Å². The lowest BCUT2D eigenvalue weighted by Crippen LogP contribution is -2.11. The highest BCUT2D eigenvalue weighted by Crippen LogP contribution is 2.10. The molecule has 0 aromatic carbocycles. The fourth-order valence-corrected chi connectivity index (χ4v) is 1.35. The van der Waals surface area contributed by atoms with E-state index in [1.165, 1.54) is 0 Å². The Balaban J connectivity index is 2.28. The van der Waals surface area contributed by atoms with E-state index in [0.29, 0.717) is 18.5 Å². The molecule has 100 valence electrons. The Labute approximate surface area is 111 Å². The van der Waals surface area contributed by atoms with Gasteiger partial charge in [0, 0.05) is 18.9 Å². The van der Waals surface area contributed by atoms with E-state index in [0.717, 1.165) is 13.0 Å². The van der Waals surface area contributed by atoms with Crippen molar-refractivity contribution < 1.29 is 4.74 Å². The van der Waals surface area contributed by atoms with Crippen molar-refractivity contribution in [3.63, 3.8) is 0 Å². The molecule has 2 heterocycles. The predicted molar refractivity (Wildman–Crippen MR) is 71.4 cm³/mol. The van der Waals surface area contributed by atoms with Crippen LogP contribution in [0.15, 0.2) is 31.1 Å². The number of nitrogens with zero attached hydrogens (tertiary/aromatic N) is 5. The van der Waals surface area contributed by atoms with E-state index in [2.05, 4.69) is 38.9 Å². The van der Waals surface area contributed by atoms with Crippen LogP contribution in [0.3, 0.4) is 0 Å². The summed E-state index contributed by atoms with van der Waals surface area (Å²) in [5, 5.41) is 7.19. The molecule has 0 aliphatic rings. The summed E-state index contributed by atoms with van der Waals surface area (Å²) in [7, 11) is 0. The Morgan fingerprint density at radius 3 is 3.00 bits per heavy atom. The highest BCUT2D eigenvalue weighted by Gasteiger charge is 2.08. The third kappa shape index (κ3) is 3.51. The van der Waals surface area contributed by atoms with E-state index >= 15 is 0 Å². The van der Waals surface area contributed by atoms with Crippen LogP contribution in [-0.2, 0) is 0 Å². The quantitative estimate of drug-likeness (QED) is 0.759.